The van der Waals surface area contributed by atoms with E-state index in [-0.39, 0.29) is 0 Å². The Balaban J connectivity index is 1.56. The summed E-state index contributed by atoms with van der Waals surface area (Å²) >= 11 is 4.07. The highest BCUT2D eigenvalue weighted by molar-refractivity contribution is 9.10. The van der Waals surface area contributed by atoms with Crippen LogP contribution in [0.15, 0.2) is 29.0 Å². The molecule has 5 rings (SSSR count). The third-order valence-corrected chi connectivity index (χ3v) is 13.5. The zero-order valence-electron chi connectivity index (χ0n) is 28.7. The van der Waals surface area contributed by atoms with Crippen LogP contribution in [0, 0.1) is 11.8 Å². The first-order chi connectivity index (χ1) is 21.1. The minimum Gasteiger partial charge on any atom is -0.384 e. The fourth-order valence-corrected chi connectivity index (χ4v) is 8.98. The smallest absolute Gasteiger partial charge is 0.165 e. The number of aromatic nitrogens is 4. The molecule has 3 heterocycles. The molecule has 2 aliphatic carbocycles. The predicted octanol–water partition coefficient (Wildman–Crippen LogP) is 8.51. The number of fused-ring (bicyclic) bond motifs is 3. The Labute approximate surface area is 280 Å². The van der Waals surface area contributed by atoms with Crippen LogP contribution in [0.1, 0.15) is 63.3 Å². The van der Waals surface area contributed by atoms with Gasteiger partial charge in [-0.05, 0) is 79.0 Å². The van der Waals surface area contributed by atoms with Gasteiger partial charge in [0.25, 0.3) is 0 Å². The molecule has 0 saturated heterocycles. The zero-order chi connectivity index (χ0) is 32.6. The molecule has 0 aromatic carbocycles. The van der Waals surface area contributed by atoms with E-state index in [2.05, 4.69) is 65.1 Å². The summed E-state index contributed by atoms with van der Waals surface area (Å²) < 4.78 is 15.7. The topological polar surface area (TPSA) is 85.0 Å². The number of halogens is 1. The molecule has 0 aliphatic heterocycles. The summed E-state index contributed by atoms with van der Waals surface area (Å²) in [6, 6.07) is 6.13. The molecule has 45 heavy (non-hydrogen) atoms. The highest BCUT2D eigenvalue weighted by atomic mass is 79.9. The van der Waals surface area contributed by atoms with Crippen LogP contribution < -0.4 is 4.90 Å². The fourth-order valence-electron chi connectivity index (χ4n) is 6.63. The van der Waals surface area contributed by atoms with E-state index in [1.165, 1.54) is 32.1 Å². The first-order valence-corrected chi connectivity index (χ1v) is 25.0. The van der Waals surface area contributed by atoms with Crippen LogP contribution in [-0.4, -0.2) is 67.5 Å². The van der Waals surface area contributed by atoms with Crippen molar-refractivity contribution >= 4 is 43.5 Å². The minimum absolute atomic E-state index is 0.398. The van der Waals surface area contributed by atoms with E-state index in [1.807, 2.05) is 29.0 Å². The van der Waals surface area contributed by atoms with Gasteiger partial charge < -0.3 is 19.5 Å². The molecule has 3 aromatic rings. The van der Waals surface area contributed by atoms with Gasteiger partial charge in [-0.1, -0.05) is 58.2 Å². The quantitative estimate of drug-likeness (QED) is 0.102. The van der Waals surface area contributed by atoms with E-state index in [4.69, 9.17) is 19.6 Å². The van der Waals surface area contributed by atoms with Crippen molar-refractivity contribution in [2.75, 3.05) is 31.6 Å². The van der Waals surface area contributed by atoms with Gasteiger partial charge in [-0.2, -0.15) is 9.61 Å². The van der Waals surface area contributed by atoms with Crippen molar-refractivity contribution in [2.24, 2.45) is 11.8 Å². The number of pyridine rings is 1. The van der Waals surface area contributed by atoms with Gasteiger partial charge in [-0.15, -0.1) is 0 Å². The number of nitrogens with zero attached hydrogens (tertiary/aromatic N) is 5. The number of hydrogen-bond acceptors (Lipinski definition) is 7. The third kappa shape index (κ3) is 8.84. The van der Waals surface area contributed by atoms with Crippen molar-refractivity contribution in [3.8, 4) is 11.1 Å². The van der Waals surface area contributed by atoms with Crippen LogP contribution in [0.3, 0.4) is 0 Å². The van der Waals surface area contributed by atoms with Crippen molar-refractivity contribution in [3.63, 3.8) is 0 Å². The molecule has 0 amide bonds. The minimum atomic E-state index is -1.23. The number of anilines is 1. The summed E-state index contributed by atoms with van der Waals surface area (Å²) in [6.45, 7) is 20.1. The molecule has 3 aromatic heterocycles. The van der Waals surface area contributed by atoms with Gasteiger partial charge >= 0.3 is 0 Å². The molecule has 1 N–H and O–H groups in total. The van der Waals surface area contributed by atoms with Gasteiger partial charge in [0.15, 0.2) is 11.5 Å². The van der Waals surface area contributed by atoms with Gasteiger partial charge in [0, 0.05) is 52.6 Å². The summed E-state index contributed by atoms with van der Waals surface area (Å²) in [4.78, 5) is 12.2. The number of rotatable bonds is 14. The third-order valence-electron chi connectivity index (χ3n) is 9.35. The molecule has 2 fully saturated rings. The average Bonchev–Trinajstić information content (AvgIpc) is 3.52. The van der Waals surface area contributed by atoms with Crippen LogP contribution in [-0.2, 0) is 15.1 Å². The number of ether oxygens (including phenoxy) is 2. The van der Waals surface area contributed by atoms with E-state index < -0.39 is 21.7 Å². The molecule has 8 nitrogen and oxygen atoms in total. The lowest BCUT2D eigenvalue weighted by Crippen LogP contribution is -2.34. The molecular weight excluding hydrogens is 662 g/mol. The summed E-state index contributed by atoms with van der Waals surface area (Å²) in [7, 11) is -2.47. The predicted molar refractivity (Wildman–Crippen MR) is 192 cm³/mol. The van der Waals surface area contributed by atoms with Crippen LogP contribution in [0.2, 0.25) is 51.4 Å². The van der Waals surface area contributed by atoms with Crippen molar-refractivity contribution < 1.29 is 14.6 Å². The van der Waals surface area contributed by atoms with E-state index in [1.54, 1.807) is 13.8 Å². The summed E-state index contributed by atoms with van der Waals surface area (Å²) in [5, 5.41) is 15.4. The normalized spacial score (nSPS) is 20.7. The second-order valence-electron chi connectivity index (χ2n) is 16.4. The molecule has 3 atom stereocenters. The Hall–Kier alpha value is -1.64. The van der Waals surface area contributed by atoms with Gasteiger partial charge in [-0.3, -0.25) is 4.98 Å². The standard InChI is InChI=1S/C34H54BrN5O3Si2/c1-34(2,41)29-12-11-26(20-36-29)28-21-37-40-32(28)38-31(27-18-24-9-10-25(17-24)19-27)30(35)33(40)39(22-42-13-15-44(3,4)5)23-43-14-16-45(6,7)8/h11-12,20-21,24-25,27,41H,9-10,13-19,22-23H2,1-8H3/t24-,25+,27?. The van der Waals surface area contributed by atoms with E-state index in [9.17, 15) is 5.11 Å². The van der Waals surface area contributed by atoms with Crippen LogP contribution in [0.5, 0.6) is 0 Å². The van der Waals surface area contributed by atoms with Crippen LogP contribution >= 0.6 is 15.9 Å². The lowest BCUT2D eigenvalue weighted by molar-refractivity contribution is 0.0739. The number of hydrogen-bond donors (Lipinski definition) is 1. The lowest BCUT2D eigenvalue weighted by Gasteiger charge is -2.31. The van der Waals surface area contributed by atoms with Crippen molar-refractivity contribution in [2.45, 2.75) is 109 Å². The second-order valence-corrected chi connectivity index (χ2v) is 28.4. The van der Waals surface area contributed by atoms with E-state index in [0.717, 1.165) is 69.9 Å². The lowest BCUT2D eigenvalue weighted by atomic mass is 9.79. The Morgan fingerprint density at radius 3 is 2.04 bits per heavy atom. The van der Waals surface area contributed by atoms with E-state index >= 15 is 0 Å². The van der Waals surface area contributed by atoms with Crippen molar-refractivity contribution in [1.82, 2.24) is 19.6 Å². The van der Waals surface area contributed by atoms with Gasteiger partial charge in [0.2, 0.25) is 0 Å². The molecule has 0 radical (unpaired) electrons. The monoisotopic (exact) mass is 715 g/mol. The SMILES string of the molecule is CC(C)(O)c1ccc(-c2cnn3c(N(COCC[Si](C)(C)C)COCC[Si](C)(C)C)c(Br)c(C4C[C@H]5CC[C@@H](C4)C5)nc23)cn1. The molecule has 2 saturated carbocycles. The Morgan fingerprint density at radius 2 is 1.53 bits per heavy atom. The number of aliphatic hydroxyl groups is 1. The molecule has 11 heteroatoms. The fraction of sp³-hybridized carbons (Fsp3) is 0.676. The molecular formula is C34H54BrN5O3Si2. The molecule has 2 bridgehead atoms. The second kappa shape index (κ2) is 13.8. The largest absolute Gasteiger partial charge is 0.384 e. The summed E-state index contributed by atoms with van der Waals surface area (Å²) in [6.07, 6.45) is 10.1. The van der Waals surface area contributed by atoms with Gasteiger partial charge in [0.05, 0.1) is 22.1 Å². The first-order valence-electron chi connectivity index (χ1n) is 16.8. The van der Waals surface area contributed by atoms with Crippen molar-refractivity contribution in [1.29, 1.82) is 0 Å². The average molecular weight is 717 g/mol. The maximum absolute atomic E-state index is 10.5. The van der Waals surface area contributed by atoms with Gasteiger partial charge in [-0.25, -0.2) is 4.98 Å². The highest BCUT2D eigenvalue weighted by Gasteiger charge is 2.37. The zero-order valence-corrected chi connectivity index (χ0v) is 32.3. The van der Waals surface area contributed by atoms with Crippen molar-refractivity contribution in [3.05, 3.63) is 40.4 Å². The Kier molecular flexibility index (Phi) is 10.7. The maximum atomic E-state index is 10.5. The van der Waals surface area contributed by atoms with Gasteiger partial charge in [0.1, 0.15) is 19.1 Å². The summed E-state index contributed by atoms with van der Waals surface area (Å²) in [5.74, 6) is 2.91. The molecule has 2 aliphatic rings. The summed E-state index contributed by atoms with van der Waals surface area (Å²) in [5.41, 5.74) is 3.42. The van der Waals surface area contributed by atoms with Crippen LogP contribution in [0.4, 0.5) is 5.82 Å². The van der Waals surface area contributed by atoms with E-state index in [0.29, 0.717) is 25.1 Å². The highest BCUT2D eigenvalue weighted by Crippen LogP contribution is 2.50. The Bertz CT molecular complexity index is 1410. The maximum Gasteiger partial charge on any atom is 0.165 e. The molecule has 1 unspecified atom stereocenters. The first kappa shape index (κ1) is 34.7. The molecule has 0 spiro atoms. The Morgan fingerprint density at radius 1 is 0.933 bits per heavy atom. The van der Waals surface area contributed by atoms with Crippen LogP contribution in [0.25, 0.3) is 16.8 Å². The molecule has 248 valence electrons.